The van der Waals surface area contributed by atoms with Gasteiger partial charge in [0.05, 0.1) is 33.7 Å². The second-order valence-electron chi connectivity index (χ2n) is 8.60. The number of hydrogen-bond donors (Lipinski definition) is 3. The largest absolute Gasteiger partial charge is 0.345 e. The highest BCUT2D eigenvalue weighted by atomic mass is 35.5. The van der Waals surface area contributed by atoms with Crippen molar-refractivity contribution in [1.82, 2.24) is 20.1 Å². The van der Waals surface area contributed by atoms with Gasteiger partial charge >= 0.3 is 0 Å². The van der Waals surface area contributed by atoms with E-state index in [1.54, 1.807) is 29.2 Å². The van der Waals surface area contributed by atoms with Gasteiger partial charge in [-0.1, -0.05) is 29.8 Å². The van der Waals surface area contributed by atoms with Crippen LogP contribution in [0.15, 0.2) is 67.0 Å². The molecule has 1 aliphatic heterocycles. The van der Waals surface area contributed by atoms with Crippen LogP contribution in [0.3, 0.4) is 0 Å². The molecule has 0 aliphatic carbocycles. The van der Waals surface area contributed by atoms with E-state index >= 15 is 0 Å². The summed E-state index contributed by atoms with van der Waals surface area (Å²) >= 11 is 6.47. The zero-order valence-electron chi connectivity index (χ0n) is 17.9. The van der Waals surface area contributed by atoms with Gasteiger partial charge < -0.3 is 5.32 Å². The van der Waals surface area contributed by atoms with Crippen LogP contribution in [0.4, 0.5) is 0 Å². The highest BCUT2D eigenvalue weighted by molar-refractivity contribution is 8.24. The van der Waals surface area contributed by atoms with Crippen molar-refractivity contribution in [3.8, 4) is 16.9 Å². The Kier molecular flexibility index (Phi) is 5.41. The van der Waals surface area contributed by atoms with E-state index in [1.807, 2.05) is 49.4 Å². The average Bonchev–Trinajstić information content (AvgIpc) is 3.30. The molecule has 170 valence electrons. The Morgan fingerprint density at radius 3 is 2.70 bits per heavy atom. The predicted octanol–water partition coefficient (Wildman–Crippen LogP) is 5.38. The number of amides is 1. The van der Waals surface area contributed by atoms with Crippen molar-refractivity contribution in [3.63, 3.8) is 0 Å². The molecule has 2 aromatic heterocycles. The van der Waals surface area contributed by atoms with Crippen LogP contribution in [0.2, 0.25) is 5.02 Å². The molecular formula is C24H23ClN4O3S. The summed E-state index contributed by atoms with van der Waals surface area (Å²) in [5.74, 6) is 0.200. The minimum Gasteiger partial charge on any atom is -0.345 e. The Morgan fingerprint density at radius 2 is 2.00 bits per heavy atom. The van der Waals surface area contributed by atoms with Crippen molar-refractivity contribution in [2.45, 2.75) is 18.9 Å². The van der Waals surface area contributed by atoms with Crippen molar-refractivity contribution in [1.29, 1.82) is 0 Å². The number of nitrogens with zero attached hydrogens (tertiary/aromatic N) is 3. The zero-order valence-corrected chi connectivity index (χ0v) is 19.5. The number of nitrogens with one attached hydrogen (secondary N) is 1. The smallest absolute Gasteiger partial charge is 0.251 e. The van der Waals surface area contributed by atoms with Crippen LogP contribution in [0, 0.1) is 0 Å². The standard InChI is InChI=1S/C24H23ClN4O3S/c1-24(10-12-33(31,32)15-24)27-23(30)16-8-9-19-21(13-16)29(17-5-4-11-26-14-17)28-22(19)18-6-2-3-7-20(18)25/h2-9,11,13-14,31-32H,10,12,15H2,1H3,(H,27,30). The number of carbonyl (C=O) groups is 1. The fourth-order valence-electron chi connectivity index (χ4n) is 4.27. The van der Waals surface area contributed by atoms with Gasteiger partial charge in [0.25, 0.3) is 5.91 Å². The predicted molar refractivity (Wildman–Crippen MR) is 132 cm³/mol. The number of carbonyl (C=O) groups excluding carboxylic acids is 1. The van der Waals surface area contributed by atoms with Gasteiger partial charge in [0.2, 0.25) is 0 Å². The van der Waals surface area contributed by atoms with Gasteiger partial charge in [-0.25, -0.2) is 4.68 Å². The van der Waals surface area contributed by atoms with Crippen molar-refractivity contribution in [2.24, 2.45) is 0 Å². The van der Waals surface area contributed by atoms with Crippen LogP contribution in [0.5, 0.6) is 0 Å². The minimum atomic E-state index is -2.64. The van der Waals surface area contributed by atoms with Crippen LogP contribution < -0.4 is 5.32 Å². The summed E-state index contributed by atoms with van der Waals surface area (Å²) in [6, 6.07) is 16.6. The molecule has 5 rings (SSSR count). The molecule has 7 nitrogen and oxygen atoms in total. The first-order chi connectivity index (χ1) is 15.7. The van der Waals surface area contributed by atoms with E-state index in [4.69, 9.17) is 16.7 Å². The third-order valence-corrected chi connectivity index (χ3v) is 8.20. The van der Waals surface area contributed by atoms with Crippen molar-refractivity contribution < 1.29 is 13.9 Å². The van der Waals surface area contributed by atoms with Crippen LogP contribution in [0.1, 0.15) is 23.7 Å². The molecule has 3 heterocycles. The lowest BCUT2D eigenvalue weighted by atomic mass is 10.0. The molecule has 1 saturated heterocycles. The molecule has 1 fully saturated rings. The van der Waals surface area contributed by atoms with Gasteiger partial charge in [-0.2, -0.15) is 15.7 Å². The van der Waals surface area contributed by atoms with Crippen molar-refractivity contribution in [2.75, 3.05) is 11.5 Å². The van der Waals surface area contributed by atoms with Gasteiger partial charge in [0.15, 0.2) is 0 Å². The first-order valence-electron chi connectivity index (χ1n) is 10.5. The number of hydrogen-bond acceptors (Lipinski definition) is 5. The molecule has 0 saturated carbocycles. The van der Waals surface area contributed by atoms with Gasteiger partial charge in [0, 0.05) is 28.5 Å². The van der Waals surface area contributed by atoms with E-state index in [0.717, 1.165) is 22.2 Å². The number of halogens is 1. The van der Waals surface area contributed by atoms with E-state index in [0.29, 0.717) is 28.5 Å². The first-order valence-corrected chi connectivity index (χ1v) is 12.8. The maximum atomic E-state index is 13.1. The van der Waals surface area contributed by atoms with E-state index < -0.39 is 16.1 Å². The van der Waals surface area contributed by atoms with Crippen LogP contribution >= 0.6 is 22.2 Å². The third-order valence-electron chi connectivity index (χ3n) is 5.91. The van der Waals surface area contributed by atoms with Crippen LogP contribution in [-0.4, -0.2) is 46.8 Å². The summed E-state index contributed by atoms with van der Waals surface area (Å²) in [4.78, 5) is 17.3. The monoisotopic (exact) mass is 482 g/mol. The van der Waals surface area contributed by atoms with E-state index in [9.17, 15) is 13.9 Å². The summed E-state index contributed by atoms with van der Waals surface area (Å²) in [5.41, 5.74) is 2.82. The zero-order chi connectivity index (χ0) is 23.2. The summed E-state index contributed by atoms with van der Waals surface area (Å²) in [5, 5.41) is 9.26. The topological polar surface area (TPSA) is 100 Å². The lowest BCUT2D eigenvalue weighted by molar-refractivity contribution is 0.0915. The molecule has 0 radical (unpaired) electrons. The van der Waals surface area contributed by atoms with Crippen molar-refractivity contribution in [3.05, 3.63) is 77.6 Å². The molecule has 4 aromatic rings. The SMILES string of the molecule is CC1(NC(=O)c2ccc3c(-c4ccccc4Cl)nn(-c4cccnc4)c3c2)CCS(O)(O)C1. The number of rotatable bonds is 4. The van der Waals surface area contributed by atoms with E-state index in [-0.39, 0.29) is 11.7 Å². The average molecular weight is 483 g/mol. The van der Waals surface area contributed by atoms with E-state index in [2.05, 4.69) is 10.3 Å². The Hall–Kier alpha value is -2.91. The van der Waals surface area contributed by atoms with Gasteiger partial charge in [-0.3, -0.25) is 18.9 Å². The Labute approximate surface area is 197 Å². The molecule has 1 amide bonds. The summed E-state index contributed by atoms with van der Waals surface area (Å²) < 4.78 is 21.8. The Balaban J connectivity index is 1.60. The normalized spacial score (nSPS) is 20.6. The highest BCUT2D eigenvalue weighted by Crippen LogP contribution is 2.50. The Morgan fingerprint density at radius 1 is 1.18 bits per heavy atom. The molecule has 1 atom stereocenters. The maximum absolute atomic E-state index is 13.1. The molecule has 1 unspecified atom stereocenters. The third kappa shape index (κ3) is 4.22. The Bertz CT molecular complexity index is 1360. The fourth-order valence-corrected chi connectivity index (χ4v) is 6.66. The van der Waals surface area contributed by atoms with Crippen LogP contribution in [-0.2, 0) is 0 Å². The van der Waals surface area contributed by atoms with Crippen molar-refractivity contribution >= 4 is 39.0 Å². The minimum absolute atomic E-state index is 0.165. The fraction of sp³-hybridized carbons (Fsp3) is 0.208. The number of benzene rings is 2. The second kappa shape index (κ2) is 8.14. The number of aromatic nitrogens is 3. The van der Waals surface area contributed by atoms with Gasteiger partial charge in [-0.15, -0.1) is 0 Å². The van der Waals surface area contributed by atoms with Gasteiger partial charge in [0.1, 0.15) is 5.69 Å². The number of fused-ring (bicyclic) bond motifs is 1. The molecule has 0 bridgehead atoms. The molecule has 9 heteroatoms. The lowest BCUT2D eigenvalue weighted by Crippen LogP contribution is -2.46. The molecule has 3 N–H and O–H groups in total. The lowest BCUT2D eigenvalue weighted by Gasteiger charge is -2.30. The molecule has 1 aliphatic rings. The quantitative estimate of drug-likeness (QED) is 0.362. The number of pyridine rings is 1. The summed E-state index contributed by atoms with van der Waals surface area (Å²) in [6.45, 7) is 1.85. The van der Waals surface area contributed by atoms with Crippen LogP contribution in [0.25, 0.3) is 27.8 Å². The second-order valence-corrected chi connectivity index (χ2v) is 11.3. The highest BCUT2D eigenvalue weighted by Gasteiger charge is 2.39. The molecule has 33 heavy (non-hydrogen) atoms. The maximum Gasteiger partial charge on any atom is 0.251 e. The molecule has 0 spiro atoms. The summed E-state index contributed by atoms with van der Waals surface area (Å²) in [7, 11) is -2.64. The van der Waals surface area contributed by atoms with Gasteiger partial charge in [-0.05, 0) is 49.7 Å². The summed E-state index contributed by atoms with van der Waals surface area (Å²) in [6.07, 6.45) is 3.92. The van der Waals surface area contributed by atoms with E-state index in [1.165, 1.54) is 0 Å². The molecular weight excluding hydrogens is 460 g/mol. The molecule has 2 aromatic carbocycles. The first kappa shape index (κ1) is 21.9.